The maximum absolute atomic E-state index is 13.4. The van der Waals surface area contributed by atoms with E-state index in [0.29, 0.717) is 24.5 Å². The Morgan fingerprint density at radius 3 is 2.61 bits per heavy atom. The van der Waals surface area contributed by atoms with Crippen molar-refractivity contribution < 1.29 is 17.9 Å². The molecule has 3 heterocycles. The van der Waals surface area contributed by atoms with Gasteiger partial charge in [-0.25, -0.2) is 0 Å². The molecule has 1 aromatic heterocycles. The van der Waals surface area contributed by atoms with Gasteiger partial charge in [0.15, 0.2) is 0 Å². The van der Waals surface area contributed by atoms with E-state index in [1.54, 1.807) is 18.2 Å². The Morgan fingerprint density at radius 2 is 1.87 bits per heavy atom. The first-order valence-corrected chi connectivity index (χ1v) is 11.0. The number of piperidine rings is 1. The third kappa shape index (κ3) is 5.30. The summed E-state index contributed by atoms with van der Waals surface area (Å²) >= 11 is 0. The van der Waals surface area contributed by atoms with E-state index in [4.69, 9.17) is 4.74 Å². The number of hydrogen-bond donors (Lipinski definition) is 0. The van der Waals surface area contributed by atoms with Gasteiger partial charge in [-0.05, 0) is 43.7 Å². The summed E-state index contributed by atoms with van der Waals surface area (Å²) in [4.78, 5) is 11.0. The van der Waals surface area contributed by atoms with E-state index in [-0.39, 0.29) is 11.6 Å². The van der Waals surface area contributed by atoms with Gasteiger partial charge in [0.2, 0.25) is 0 Å². The minimum atomic E-state index is -4.42. The molecule has 4 rings (SSSR count). The van der Waals surface area contributed by atoms with Gasteiger partial charge in [0.1, 0.15) is 0 Å². The van der Waals surface area contributed by atoms with Gasteiger partial charge in [-0.15, -0.1) is 0 Å². The molecule has 2 saturated heterocycles. The summed E-state index contributed by atoms with van der Waals surface area (Å²) in [6.07, 6.45) is -1.96. The second-order valence-electron chi connectivity index (χ2n) is 8.91. The van der Waals surface area contributed by atoms with E-state index in [2.05, 4.69) is 33.7 Å². The van der Waals surface area contributed by atoms with Gasteiger partial charge >= 0.3 is 6.18 Å². The van der Waals surface area contributed by atoms with Crippen molar-refractivity contribution in [3.05, 3.63) is 36.0 Å². The van der Waals surface area contributed by atoms with Crippen LogP contribution in [-0.4, -0.2) is 80.4 Å². The topological polar surface area (TPSA) is 31.8 Å². The SMILES string of the molecule is CC1C[C@@H](OCCN2CCN(C)CC2)CN(c2ccc(C(F)(F)F)c3ncccc23)C1. The van der Waals surface area contributed by atoms with Crippen LogP contribution < -0.4 is 4.90 Å². The zero-order valence-electron chi connectivity index (χ0n) is 18.2. The molecule has 1 unspecified atom stereocenters. The van der Waals surface area contributed by atoms with E-state index in [9.17, 15) is 13.2 Å². The summed E-state index contributed by atoms with van der Waals surface area (Å²) in [6.45, 7) is 9.57. The van der Waals surface area contributed by atoms with E-state index in [1.807, 2.05) is 0 Å². The lowest BCUT2D eigenvalue weighted by Crippen LogP contribution is -2.47. The predicted molar refractivity (Wildman–Crippen MR) is 116 cm³/mol. The molecule has 2 aromatic rings. The molecule has 1 aromatic carbocycles. The molecule has 170 valence electrons. The van der Waals surface area contributed by atoms with Gasteiger partial charge in [0.25, 0.3) is 0 Å². The predicted octanol–water partition coefficient (Wildman–Crippen LogP) is 3.73. The number of alkyl halides is 3. The highest BCUT2D eigenvalue weighted by Gasteiger charge is 2.35. The molecule has 0 saturated carbocycles. The van der Waals surface area contributed by atoms with E-state index in [0.717, 1.165) is 57.4 Å². The van der Waals surface area contributed by atoms with Gasteiger partial charge in [-0.1, -0.05) is 6.92 Å². The molecule has 0 amide bonds. The first-order chi connectivity index (χ1) is 14.8. The lowest BCUT2D eigenvalue weighted by atomic mass is 9.96. The molecule has 0 aliphatic carbocycles. The fraction of sp³-hybridized carbons (Fsp3) is 0.609. The molecule has 0 N–H and O–H groups in total. The zero-order chi connectivity index (χ0) is 22.0. The molecule has 2 fully saturated rings. The lowest BCUT2D eigenvalue weighted by Gasteiger charge is -2.39. The number of benzene rings is 1. The number of piperazine rings is 1. The molecule has 2 aliphatic rings. The second-order valence-corrected chi connectivity index (χ2v) is 8.91. The van der Waals surface area contributed by atoms with Crippen LogP contribution in [0.5, 0.6) is 0 Å². The Balaban J connectivity index is 1.45. The van der Waals surface area contributed by atoms with Gasteiger partial charge in [0, 0.05) is 63.1 Å². The van der Waals surface area contributed by atoms with Crippen molar-refractivity contribution in [2.45, 2.75) is 25.6 Å². The van der Waals surface area contributed by atoms with Crippen LogP contribution in [-0.2, 0) is 10.9 Å². The molecule has 31 heavy (non-hydrogen) atoms. The van der Waals surface area contributed by atoms with Crippen molar-refractivity contribution in [2.24, 2.45) is 5.92 Å². The summed E-state index contributed by atoms with van der Waals surface area (Å²) in [7, 11) is 2.15. The highest BCUT2D eigenvalue weighted by molar-refractivity contribution is 5.94. The largest absolute Gasteiger partial charge is 0.418 e. The number of pyridine rings is 1. The number of rotatable bonds is 5. The lowest BCUT2D eigenvalue weighted by molar-refractivity contribution is -0.136. The van der Waals surface area contributed by atoms with Crippen LogP contribution >= 0.6 is 0 Å². The highest BCUT2D eigenvalue weighted by atomic mass is 19.4. The summed E-state index contributed by atoms with van der Waals surface area (Å²) in [5.41, 5.74) is 0.130. The van der Waals surface area contributed by atoms with Crippen LogP contribution in [0.1, 0.15) is 18.9 Å². The third-order valence-electron chi connectivity index (χ3n) is 6.37. The number of aromatic nitrogens is 1. The van der Waals surface area contributed by atoms with Crippen molar-refractivity contribution in [3.8, 4) is 0 Å². The normalized spacial score (nSPS) is 24.1. The Kier molecular flexibility index (Phi) is 6.69. The number of hydrogen-bond acceptors (Lipinski definition) is 5. The van der Waals surface area contributed by atoms with Gasteiger partial charge < -0.3 is 14.5 Å². The van der Waals surface area contributed by atoms with Crippen molar-refractivity contribution in [2.75, 3.05) is 64.4 Å². The maximum Gasteiger partial charge on any atom is 0.418 e. The Labute approximate surface area is 181 Å². The van der Waals surface area contributed by atoms with Gasteiger partial charge in [-0.2, -0.15) is 13.2 Å². The van der Waals surface area contributed by atoms with Crippen LogP contribution in [0.25, 0.3) is 10.9 Å². The first kappa shape index (κ1) is 22.3. The van der Waals surface area contributed by atoms with E-state index >= 15 is 0 Å². The van der Waals surface area contributed by atoms with Crippen LogP contribution in [0.4, 0.5) is 18.9 Å². The molecule has 8 heteroatoms. The fourth-order valence-corrected chi connectivity index (χ4v) is 4.69. The minimum Gasteiger partial charge on any atom is -0.375 e. The van der Waals surface area contributed by atoms with Gasteiger partial charge in [0.05, 0.1) is 23.8 Å². The Morgan fingerprint density at radius 1 is 1.10 bits per heavy atom. The molecule has 0 spiro atoms. The fourth-order valence-electron chi connectivity index (χ4n) is 4.69. The van der Waals surface area contributed by atoms with Crippen molar-refractivity contribution >= 4 is 16.6 Å². The summed E-state index contributed by atoms with van der Waals surface area (Å²) < 4.78 is 46.6. The third-order valence-corrected chi connectivity index (χ3v) is 6.37. The van der Waals surface area contributed by atoms with E-state index < -0.39 is 11.7 Å². The standard InChI is InChI=1S/C23H31F3N4O/c1-17-14-18(31-13-12-29-10-8-28(2)9-11-29)16-30(15-17)21-6-5-20(23(24,25)26)22-19(21)4-3-7-27-22/h3-7,17-18H,8-16H2,1-2H3/t17?,18-/m1/s1. The highest BCUT2D eigenvalue weighted by Crippen LogP contribution is 2.38. The van der Waals surface area contributed by atoms with Gasteiger partial charge in [-0.3, -0.25) is 9.88 Å². The number of nitrogens with zero attached hydrogens (tertiary/aromatic N) is 4. The van der Waals surface area contributed by atoms with Crippen LogP contribution in [0.3, 0.4) is 0 Å². The summed E-state index contributed by atoms with van der Waals surface area (Å²) in [6, 6.07) is 6.18. The molecule has 2 atom stereocenters. The number of halogens is 3. The smallest absolute Gasteiger partial charge is 0.375 e. The van der Waals surface area contributed by atoms with Crippen molar-refractivity contribution in [1.82, 2.24) is 14.8 Å². The van der Waals surface area contributed by atoms with Crippen LogP contribution in [0.2, 0.25) is 0 Å². The molecule has 5 nitrogen and oxygen atoms in total. The quantitative estimate of drug-likeness (QED) is 0.713. The number of ether oxygens (including phenoxy) is 1. The number of anilines is 1. The van der Waals surface area contributed by atoms with Crippen molar-refractivity contribution in [3.63, 3.8) is 0 Å². The van der Waals surface area contributed by atoms with Crippen molar-refractivity contribution in [1.29, 1.82) is 0 Å². The summed E-state index contributed by atoms with van der Waals surface area (Å²) in [5.74, 6) is 0.399. The Hall–Kier alpha value is -1.90. The average molecular weight is 437 g/mol. The Bertz CT molecular complexity index is 883. The average Bonchev–Trinajstić information content (AvgIpc) is 2.73. The van der Waals surface area contributed by atoms with Crippen LogP contribution in [0, 0.1) is 5.92 Å². The molecular weight excluding hydrogens is 405 g/mol. The van der Waals surface area contributed by atoms with Crippen LogP contribution in [0.15, 0.2) is 30.5 Å². The maximum atomic E-state index is 13.4. The second kappa shape index (κ2) is 9.30. The van der Waals surface area contributed by atoms with E-state index in [1.165, 1.54) is 6.20 Å². The first-order valence-electron chi connectivity index (χ1n) is 11.0. The number of fused-ring (bicyclic) bond motifs is 1. The molecule has 0 radical (unpaired) electrons. The molecule has 0 bridgehead atoms. The minimum absolute atomic E-state index is 0.0123. The summed E-state index contributed by atoms with van der Waals surface area (Å²) in [5, 5.41) is 0.544. The number of likely N-dealkylation sites (N-methyl/N-ethyl adjacent to an activating group) is 1. The zero-order valence-corrected chi connectivity index (χ0v) is 18.2. The molecule has 2 aliphatic heterocycles. The monoisotopic (exact) mass is 436 g/mol. The molecular formula is C23H31F3N4O.